The molecular formula is C10H15N3O5S. The van der Waals surface area contributed by atoms with E-state index in [-0.39, 0.29) is 30.6 Å². The number of nitrogens with zero attached hydrogens (tertiary/aromatic N) is 2. The van der Waals surface area contributed by atoms with Crippen LogP contribution in [0.4, 0.5) is 0 Å². The van der Waals surface area contributed by atoms with Gasteiger partial charge in [-0.1, -0.05) is 13.2 Å². The molecule has 0 aromatic rings. The molecule has 0 bridgehead atoms. The van der Waals surface area contributed by atoms with Gasteiger partial charge in [-0.2, -0.15) is 0 Å². The smallest absolute Gasteiger partial charge is 0.233 e. The van der Waals surface area contributed by atoms with Crippen molar-refractivity contribution in [1.29, 1.82) is 0 Å². The van der Waals surface area contributed by atoms with E-state index in [9.17, 15) is 13.2 Å². The molecule has 1 aliphatic heterocycles. The minimum absolute atomic E-state index is 0.0235. The largest absolute Gasteiger partial charge is 0.483 e. The summed E-state index contributed by atoms with van der Waals surface area (Å²) in [6.07, 6.45) is 0.638. The fourth-order valence-corrected chi connectivity index (χ4v) is 2.33. The van der Waals surface area contributed by atoms with E-state index in [1.165, 1.54) is 0 Å². The standard InChI is InChI=1S/C10H15N3O5S/c1-7-10(12-8(2)11-6-15)13(19(3,16)17)4-9(5-14)18-7/h6,9,14H,1-2,4-5H2,3H3,(H,11,15)/b12-10+/t9-/m1/s1. The fourth-order valence-electron chi connectivity index (χ4n) is 1.44. The van der Waals surface area contributed by atoms with Crippen LogP contribution in [0.15, 0.2) is 29.7 Å². The van der Waals surface area contributed by atoms with E-state index in [4.69, 9.17) is 9.84 Å². The predicted molar refractivity (Wildman–Crippen MR) is 68.4 cm³/mol. The monoisotopic (exact) mass is 289 g/mol. The highest BCUT2D eigenvalue weighted by Gasteiger charge is 2.33. The lowest BCUT2D eigenvalue weighted by atomic mass is 10.3. The Balaban J connectivity index is 3.14. The average Bonchev–Trinajstić information content (AvgIpc) is 2.30. The molecule has 0 saturated carbocycles. The van der Waals surface area contributed by atoms with Crippen LogP contribution in [0.2, 0.25) is 0 Å². The van der Waals surface area contributed by atoms with Crippen LogP contribution >= 0.6 is 0 Å². The zero-order chi connectivity index (χ0) is 14.6. The summed E-state index contributed by atoms with van der Waals surface area (Å²) in [6, 6.07) is 0. The lowest BCUT2D eigenvalue weighted by Gasteiger charge is -2.34. The first-order valence-corrected chi connectivity index (χ1v) is 7.06. The Hall–Kier alpha value is -1.87. The van der Waals surface area contributed by atoms with E-state index in [2.05, 4.69) is 23.5 Å². The summed E-state index contributed by atoms with van der Waals surface area (Å²) in [5, 5.41) is 11.2. The van der Waals surface area contributed by atoms with Crippen molar-refractivity contribution >= 4 is 22.3 Å². The number of aliphatic hydroxyl groups is 1. The molecule has 1 saturated heterocycles. The Morgan fingerprint density at radius 1 is 1.74 bits per heavy atom. The van der Waals surface area contributed by atoms with Gasteiger partial charge in [-0.05, 0) is 0 Å². The molecule has 1 aliphatic rings. The van der Waals surface area contributed by atoms with Gasteiger partial charge in [0.25, 0.3) is 0 Å². The molecule has 0 spiro atoms. The maximum absolute atomic E-state index is 11.7. The summed E-state index contributed by atoms with van der Waals surface area (Å²) in [5.41, 5.74) is 0. The number of aliphatic hydroxyl groups excluding tert-OH is 1. The summed E-state index contributed by atoms with van der Waals surface area (Å²) in [4.78, 5) is 14.1. The van der Waals surface area contributed by atoms with Gasteiger partial charge in [0, 0.05) is 0 Å². The lowest BCUT2D eigenvalue weighted by Crippen LogP contribution is -2.49. The first kappa shape index (κ1) is 15.2. The molecule has 0 unspecified atom stereocenters. The van der Waals surface area contributed by atoms with Crippen LogP contribution < -0.4 is 5.32 Å². The molecule has 19 heavy (non-hydrogen) atoms. The number of sulfonamides is 1. The first-order chi connectivity index (χ1) is 8.79. The predicted octanol–water partition coefficient (Wildman–Crippen LogP) is -1.23. The molecule has 0 aliphatic carbocycles. The van der Waals surface area contributed by atoms with Gasteiger partial charge >= 0.3 is 0 Å². The van der Waals surface area contributed by atoms with Gasteiger partial charge in [-0.3, -0.25) is 4.79 Å². The number of carbonyl (C=O) groups is 1. The minimum atomic E-state index is -3.62. The van der Waals surface area contributed by atoms with Crippen LogP contribution in [-0.4, -0.2) is 55.6 Å². The molecule has 106 valence electrons. The molecule has 0 aromatic carbocycles. The Morgan fingerprint density at radius 3 is 2.84 bits per heavy atom. The maximum atomic E-state index is 11.7. The van der Waals surface area contributed by atoms with E-state index in [1.54, 1.807) is 0 Å². The van der Waals surface area contributed by atoms with Crippen molar-refractivity contribution in [2.45, 2.75) is 6.10 Å². The van der Waals surface area contributed by atoms with Crippen LogP contribution in [0.3, 0.4) is 0 Å². The van der Waals surface area contributed by atoms with E-state index >= 15 is 0 Å². The first-order valence-electron chi connectivity index (χ1n) is 5.22. The number of hydrogen-bond acceptors (Lipinski definition) is 6. The minimum Gasteiger partial charge on any atom is -0.483 e. The Kier molecular flexibility index (Phi) is 4.67. The molecule has 2 N–H and O–H groups in total. The van der Waals surface area contributed by atoms with E-state index in [0.29, 0.717) is 6.41 Å². The summed E-state index contributed by atoms with van der Waals surface area (Å²) >= 11 is 0. The van der Waals surface area contributed by atoms with Crippen LogP contribution in [-0.2, 0) is 19.6 Å². The van der Waals surface area contributed by atoms with Crippen molar-refractivity contribution in [2.75, 3.05) is 19.4 Å². The molecule has 1 rings (SSSR count). The molecule has 8 nitrogen and oxygen atoms in total. The third-order valence-electron chi connectivity index (χ3n) is 2.23. The number of hydrogen-bond donors (Lipinski definition) is 2. The zero-order valence-electron chi connectivity index (χ0n) is 10.4. The third-order valence-corrected chi connectivity index (χ3v) is 3.36. The van der Waals surface area contributed by atoms with E-state index in [1.807, 2.05) is 0 Å². The van der Waals surface area contributed by atoms with Crippen molar-refractivity contribution in [3.05, 3.63) is 24.7 Å². The number of aliphatic imine (C=N–C) groups is 1. The second-order valence-corrected chi connectivity index (χ2v) is 5.69. The number of amidine groups is 1. The van der Waals surface area contributed by atoms with Gasteiger partial charge in [0.15, 0.2) is 11.6 Å². The fraction of sp³-hybridized carbons (Fsp3) is 0.400. The van der Waals surface area contributed by atoms with Gasteiger partial charge in [0.2, 0.25) is 16.4 Å². The van der Waals surface area contributed by atoms with E-state index < -0.39 is 16.1 Å². The number of rotatable bonds is 5. The molecule has 0 radical (unpaired) electrons. The van der Waals surface area contributed by atoms with Crippen LogP contribution in [0.5, 0.6) is 0 Å². The summed E-state index contributed by atoms with van der Waals surface area (Å²) < 4.78 is 29.5. The third kappa shape index (κ3) is 3.80. The van der Waals surface area contributed by atoms with Gasteiger partial charge in [0.1, 0.15) is 11.9 Å². The number of morpholine rings is 1. The van der Waals surface area contributed by atoms with Crippen LogP contribution in [0.25, 0.3) is 0 Å². The molecule has 9 heteroatoms. The second kappa shape index (κ2) is 5.85. The number of ether oxygens (including phenoxy) is 1. The van der Waals surface area contributed by atoms with Crippen molar-refractivity contribution < 1.29 is 23.1 Å². The quantitative estimate of drug-likeness (QED) is 0.616. The molecule has 1 heterocycles. The maximum Gasteiger partial charge on any atom is 0.233 e. The van der Waals surface area contributed by atoms with Crippen molar-refractivity contribution in [2.24, 2.45) is 4.99 Å². The number of nitrogens with one attached hydrogen (secondary N) is 1. The second-order valence-electron chi connectivity index (χ2n) is 3.78. The highest BCUT2D eigenvalue weighted by molar-refractivity contribution is 7.88. The normalized spacial score (nSPS) is 22.0. The van der Waals surface area contributed by atoms with Crippen molar-refractivity contribution in [3.63, 3.8) is 0 Å². The van der Waals surface area contributed by atoms with Crippen molar-refractivity contribution in [3.8, 4) is 0 Å². The molecule has 1 amide bonds. The van der Waals surface area contributed by atoms with Crippen LogP contribution in [0, 0.1) is 0 Å². The zero-order valence-corrected chi connectivity index (χ0v) is 11.2. The average molecular weight is 289 g/mol. The summed E-state index contributed by atoms with van der Waals surface area (Å²) in [7, 11) is -3.62. The molecule has 1 fully saturated rings. The highest BCUT2D eigenvalue weighted by atomic mass is 32.2. The SMILES string of the molecule is C=C(/N=C1\C(=C)O[C@@H](CO)CN1S(C)(=O)=O)NC=O. The lowest BCUT2D eigenvalue weighted by molar-refractivity contribution is -0.108. The molecule has 0 aromatic heterocycles. The Morgan fingerprint density at radius 2 is 2.37 bits per heavy atom. The summed E-state index contributed by atoms with van der Waals surface area (Å²) in [6.45, 7) is 6.52. The highest BCUT2D eigenvalue weighted by Crippen LogP contribution is 2.19. The van der Waals surface area contributed by atoms with Crippen LogP contribution in [0.1, 0.15) is 0 Å². The molecular weight excluding hydrogens is 274 g/mol. The molecule has 1 atom stereocenters. The van der Waals surface area contributed by atoms with Crippen molar-refractivity contribution in [1.82, 2.24) is 9.62 Å². The number of amides is 1. The van der Waals surface area contributed by atoms with Gasteiger partial charge < -0.3 is 15.2 Å². The van der Waals surface area contributed by atoms with Gasteiger partial charge in [-0.25, -0.2) is 17.7 Å². The number of carbonyl (C=O) groups excluding carboxylic acids is 1. The Labute approximate surface area is 111 Å². The van der Waals surface area contributed by atoms with Gasteiger partial charge in [-0.15, -0.1) is 0 Å². The summed E-state index contributed by atoms with van der Waals surface area (Å²) in [5.74, 6) is -0.151. The van der Waals surface area contributed by atoms with Gasteiger partial charge in [0.05, 0.1) is 19.4 Å². The van der Waals surface area contributed by atoms with E-state index in [0.717, 1.165) is 10.6 Å². The Bertz CT molecular complexity index is 525. The topological polar surface area (TPSA) is 108 Å².